The molecule has 1 aromatic rings. The Morgan fingerprint density at radius 2 is 1.76 bits per heavy atom. The zero-order valence-electron chi connectivity index (χ0n) is 20.7. The summed E-state index contributed by atoms with van der Waals surface area (Å²) in [7, 11) is 1.57. The molecule has 4 amide bonds. The molecule has 1 N–H and O–H groups in total. The minimum atomic E-state index is -0.741. The lowest BCUT2D eigenvalue weighted by Gasteiger charge is -2.32. The molecule has 2 aliphatic rings. The van der Waals surface area contributed by atoms with Gasteiger partial charge in [0, 0.05) is 25.0 Å². The Labute approximate surface area is 201 Å². The second-order valence-corrected chi connectivity index (χ2v) is 10.0. The standard InChI is InChI=1S/C26H35N3O5/c1-17(23(31)27-26(2,3)4)29(16-18-9-8-10-19(15-18)34-5)22(30)13-14-28-24(32)20-11-6-7-12-21(20)25(28)33/h6-10,15,17,20-21H,11-14,16H2,1-5H3,(H,27,31)/t17-,20-,21+/m0/s1. The highest BCUT2D eigenvalue weighted by Gasteiger charge is 2.47. The average molecular weight is 470 g/mol. The quantitative estimate of drug-likeness (QED) is 0.467. The van der Waals surface area contributed by atoms with E-state index in [2.05, 4.69) is 5.32 Å². The number of nitrogens with one attached hydrogen (secondary N) is 1. The molecule has 8 nitrogen and oxygen atoms in total. The van der Waals surface area contributed by atoms with Gasteiger partial charge in [0.05, 0.1) is 18.9 Å². The molecule has 34 heavy (non-hydrogen) atoms. The molecule has 8 heteroatoms. The molecule has 0 radical (unpaired) electrons. The third-order valence-electron chi connectivity index (χ3n) is 6.30. The van der Waals surface area contributed by atoms with Crippen molar-refractivity contribution in [2.75, 3.05) is 13.7 Å². The molecule has 0 unspecified atom stereocenters. The summed E-state index contributed by atoms with van der Waals surface area (Å²) in [5.41, 5.74) is 0.364. The van der Waals surface area contributed by atoms with E-state index in [9.17, 15) is 19.2 Å². The van der Waals surface area contributed by atoms with E-state index < -0.39 is 11.6 Å². The van der Waals surface area contributed by atoms with Gasteiger partial charge in [-0.3, -0.25) is 24.1 Å². The molecular weight excluding hydrogens is 434 g/mol. The molecule has 0 aromatic heterocycles. The van der Waals surface area contributed by atoms with Crippen molar-refractivity contribution in [3.63, 3.8) is 0 Å². The van der Waals surface area contributed by atoms with Crippen molar-refractivity contribution in [3.8, 4) is 5.75 Å². The minimum absolute atomic E-state index is 0.0196. The molecule has 3 rings (SSSR count). The Hall–Kier alpha value is -3.16. The highest BCUT2D eigenvalue weighted by Crippen LogP contribution is 2.35. The summed E-state index contributed by atoms with van der Waals surface area (Å²) in [6, 6.07) is 6.58. The van der Waals surface area contributed by atoms with E-state index in [0.717, 1.165) is 5.56 Å². The molecule has 1 fully saturated rings. The summed E-state index contributed by atoms with van der Waals surface area (Å²) in [6.45, 7) is 7.54. The lowest BCUT2D eigenvalue weighted by Crippen LogP contribution is -2.52. The van der Waals surface area contributed by atoms with Gasteiger partial charge in [-0.05, 0) is 58.2 Å². The topological polar surface area (TPSA) is 96.0 Å². The van der Waals surface area contributed by atoms with Crippen LogP contribution >= 0.6 is 0 Å². The van der Waals surface area contributed by atoms with E-state index in [1.165, 1.54) is 9.80 Å². The molecule has 1 heterocycles. The van der Waals surface area contributed by atoms with Crippen LogP contribution in [0.5, 0.6) is 5.75 Å². The predicted molar refractivity (Wildman–Crippen MR) is 128 cm³/mol. The normalized spacial score (nSPS) is 20.7. The van der Waals surface area contributed by atoms with Crippen LogP contribution in [0.15, 0.2) is 36.4 Å². The van der Waals surface area contributed by atoms with Crippen LogP contribution in [-0.4, -0.2) is 58.7 Å². The molecule has 1 aliphatic heterocycles. The van der Waals surface area contributed by atoms with Gasteiger partial charge in [-0.2, -0.15) is 0 Å². The minimum Gasteiger partial charge on any atom is -0.497 e. The molecule has 1 saturated heterocycles. The van der Waals surface area contributed by atoms with Gasteiger partial charge in [-0.25, -0.2) is 0 Å². The molecule has 184 valence electrons. The highest BCUT2D eigenvalue weighted by molar-refractivity contribution is 6.05. The van der Waals surface area contributed by atoms with Crippen molar-refractivity contribution < 1.29 is 23.9 Å². The first-order valence-electron chi connectivity index (χ1n) is 11.8. The van der Waals surface area contributed by atoms with E-state index in [-0.39, 0.29) is 55.0 Å². The van der Waals surface area contributed by atoms with Crippen molar-refractivity contribution in [2.24, 2.45) is 11.8 Å². The van der Waals surface area contributed by atoms with Crippen LogP contribution in [0.3, 0.4) is 0 Å². The molecular formula is C26H35N3O5. The molecule has 0 saturated carbocycles. The number of benzene rings is 1. The van der Waals surface area contributed by atoms with Crippen LogP contribution in [-0.2, 0) is 25.7 Å². The number of rotatable bonds is 8. The average Bonchev–Trinajstić information content (AvgIpc) is 3.04. The third-order valence-corrected chi connectivity index (χ3v) is 6.30. The number of allylic oxidation sites excluding steroid dienone is 2. The SMILES string of the molecule is COc1cccc(CN(C(=O)CCN2C(=O)[C@H]3CC=CC[C@H]3C2=O)[C@@H](C)C(=O)NC(C)(C)C)c1. The number of ether oxygens (including phenoxy) is 1. The maximum atomic E-state index is 13.4. The van der Waals surface area contributed by atoms with Crippen molar-refractivity contribution in [2.45, 2.75) is 65.1 Å². The van der Waals surface area contributed by atoms with E-state index in [1.807, 2.05) is 57.2 Å². The number of nitrogens with zero attached hydrogens (tertiary/aromatic N) is 2. The lowest BCUT2D eigenvalue weighted by molar-refractivity contribution is -0.144. The Morgan fingerprint density at radius 3 is 2.32 bits per heavy atom. The second-order valence-electron chi connectivity index (χ2n) is 10.0. The molecule has 1 aliphatic carbocycles. The molecule has 0 bridgehead atoms. The first kappa shape index (κ1) is 25.5. The Kier molecular flexibility index (Phi) is 7.79. The maximum absolute atomic E-state index is 13.4. The fourth-order valence-electron chi connectivity index (χ4n) is 4.46. The van der Waals surface area contributed by atoms with Crippen molar-refractivity contribution in [1.82, 2.24) is 15.1 Å². The van der Waals surface area contributed by atoms with Gasteiger partial charge in [0.1, 0.15) is 11.8 Å². The summed E-state index contributed by atoms with van der Waals surface area (Å²) in [4.78, 5) is 54.5. The second kappa shape index (κ2) is 10.4. The van der Waals surface area contributed by atoms with Gasteiger partial charge in [0.2, 0.25) is 23.6 Å². The van der Waals surface area contributed by atoms with E-state index in [4.69, 9.17) is 4.74 Å². The van der Waals surface area contributed by atoms with Crippen LogP contribution in [0.2, 0.25) is 0 Å². The fourth-order valence-corrected chi connectivity index (χ4v) is 4.46. The highest BCUT2D eigenvalue weighted by atomic mass is 16.5. The number of carbonyl (C=O) groups excluding carboxylic acids is 4. The fraction of sp³-hybridized carbons (Fsp3) is 0.538. The maximum Gasteiger partial charge on any atom is 0.242 e. The molecule has 1 aromatic carbocycles. The number of carbonyl (C=O) groups is 4. The summed E-state index contributed by atoms with van der Waals surface area (Å²) in [5.74, 6) is -0.965. The van der Waals surface area contributed by atoms with Gasteiger partial charge >= 0.3 is 0 Å². The smallest absolute Gasteiger partial charge is 0.242 e. The Morgan fingerprint density at radius 1 is 1.15 bits per heavy atom. The van der Waals surface area contributed by atoms with Gasteiger partial charge in [0.25, 0.3) is 0 Å². The largest absolute Gasteiger partial charge is 0.497 e. The van der Waals surface area contributed by atoms with Crippen molar-refractivity contribution >= 4 is 23.6 Å². The summed E-state index contributed by atoms with van der Waals surface area (Å²) >= 11 is 0. The number of hydrogen-bond donors (Lipinski definition) is 1. The van der Waals surface area contributed by atoms with Crippen LogP contribution in [0.4, 0.5) is 0 Å². The first-order valence-corrected chi connectivity index (χ1v) is 11.8. The monoisotopic (exact) mass is 469 g/mol. The summed E-state index contributed by atoms with van der Waals surface area (Å²) in [6.07, 6.45) is 4.96. The van der Waals surface area contributed by atoms with Crippen LogP contribution in [0.1, 0.15) is 52.5 Å². The van der Waals surface area contributed by atoms with Crippen molar-refractivity contribution in [1.29, 1.82) is 0 Å². The first-order chi connectivity index (χ1) is 16.0. The van der Waals surface area contributed by atoms with Crippen LogP contribution in [0, 0.1) is 11.8 Å². The predicted octanol–water partition coefficient (Wildman–Crippen LogP) is 2.67. The van der Waals surface area contributed by atoms with Gasteiger partial charge in [-0.15, -0.1) is 0 Å². The zero-order valence-corrected chi connectivity index (χ0v) is 20.7. The van der Waals surface area contributed by atoms with E-state index in [0.29, 0.717) is 18.6 Å². The Bertz CT molecular complexity index is 955. The van der Waals surface area contributed by atoms with Crippen molar-refractivity contribution in [3.05, 3.63) is 42.0 Å². The van der Waals surface area contributed by atoms with Crippen LogP contribution < -0.4 is 10.1 Å². The number of amides is 4. The number of fused-ring (bicyclic) bond motifs is 1. The summed E-state index contributed by atoms with van der Waals surface area (Å²) in [5, 5.41) is 2.92. The number of methoxy groups -OCH3 is 1. The van der Waals surface area contributed by atoms with Gasteiger partial charge < -0.3 is 15.0 Å². The number of imide groups is 1. The summed E-state index contributed by atoms with van der Waals surface area (Å²) < 4.78 is 5.29. The lowest BCUT2D eigenvalue weighted by atomic mass is 9.85. The van der Waals surface area contributed by atoms with Gasteiger partial charge in [-0.1, -0.05) is 24.3 Å². The van der Waals surface area contributed by atoms with E-state index >= 15 is 0 Å². The van der Waals surface area contributed by atoms with Crippen LogP contribution in [0.25, 0.3) is 0 Å². The van der Waals surface area contributed by atoms with E-state index in [1.54, 1.807) is 14.0 Å². The Balaban J connectivity index is 1.75. The van der Waals surface area contributed by atoms with Gasteiger partial charge in [0.15, 0.2) is 0 Å². The molecule has 0 spiro atoms. The third kappa shape index (κ3) is 5.85. The molecule has 3 atom stereocenters. The number of likely N-dealkylation sites (tertiary alicyclic amines) is 1. The number of hydrogen-bond acceptors (Lipinski definition) is 5. The zero-order chi connectivity index (χ0) is 25.0.